The maximum absolute atomic E-state index is 12.1. The summed E-state index contributed by atoms with van der Waals surface area (Å²) in [7, 11) is 0. The van der Waals surface area contributed by atoms with Crippen LogP contribution in [0.2, 0.25) is 5.02 Å². The van der Waals surface area contributed by atoms with Crippen molar-refractivity contribution >= 4 is 28.9 Å². The van der Waals surface area contributed by atoms with Crippen LogP contribution in [0.3, 0.4) is 0 Å². The van der Waals surface area contributed by atoms with Crippen molar-refractivity contribution in [3.8, 4) is 0 Å². The fourth-order valence-electron chi connectivity index (χ4n) is 1.53. The third kappa shape index (κ3) is 2.60. The van der Waals surface area contributed by atoms with Gasteiger partial charge in [-0.3, -0.25) is 9.78 Å². The minimum Gasteiger partial charge on any atom is -0.397 e. The van der Waals surface area contributed by atoms with Gasteiger partial charge in [-0.05, 0) is 25.1 Å². The smallest absolute Gasteiger partial charge is 0.257 e. The lowest BCUT2D eigenvalue weighted by atomic mass is 10.1. The first-order chi connectivity index (χ1) is 8.58. The lowest BCUT2D eigenvalue weighted by Crippen LogP contribution is -2.14. The highest BCUT2D eigenvalue weighted by molar-refractivity contribution is 6.33. The molecule has 1 aromatic carbocycles. The molecule has 92 valence electrons. The highest BCUT2D eigenvalue weighted by Gasteiger charge is 2.11. The zero-order valence-corrected chi connectivity index (χ0v) is 10.5. The summed E-state index contributed by atoms with van der Waals surface area (Å²) in [4.78, 5) is 16.1. The van der Waals surface area contributed by atoms with Crippen molar-refractivity contribution in [1.82, 2.24) is 4.98 Å². The first-order valence-corrected chi connectivity index (χ1v) is 5.73. The molecule has 0 aliphatic heterocycles. The zero-order chi connectivity index (χ0) is 13.1. The van der Waals surface area contributed by atoms with Crippen molar-refractivity contribution in [1.29, 1.82) is 0 Å². The summed E-state index contributed by atoms with van der Waals surface area (Å²) < 4.78 is 0. The van der Waals surface area contributed by atoms with E-state index in [1.807, 2.05) is 0 Å². The fourth-order valence-corrected chi connectivity index (χ4v) is 1.71. The monoisotopic (exact) mass is 261 g/mol. The Kier molecular flexibility index (Phi) is 3.48. The fraction of sp³-hybridized carbons (Fsp3) is 0.0769. The Morgan fingerprint density at radius 3 is 2.83 bits per heavy atom. The van der Waals surface area contributed by atoms with Crippen LogP contribution in [0.4, 0.5) is 11.4 Å². The Morgan fingerprint density at radius 2 is 2.11 bits per heavy atom. The van der Waals surface area contributed by atoms with Gasteiger partial charge in [0, 0.05) is 0 Å². The number of pyridine rings is 1. The number of carbonyl (C=O) groups is 1. The summed E-state index contributed by atoms with van der Waals surface area (Å²) in [5.74, 6) is -0.277. The Morgan fingerprint density at radius 1 is 1.39 bits per heavy atom. The molecular weight excluding hydrogens is 250 g/mol. The van der Waals surface area contributed by atoms with Crippen molar-refractivity contribution in [2.45, 2.75) is 6.92 Å². The molecule has 0 unspecified atom stereocenters. The second kappa shape index (κ2) is 5.06. The number of nitrogen functional groups attached to an aromatic ring is 1. The van der Waals surface area contributed by atoms with E-state index in [-0.39, 0.29) is 5.91 Å². The summed E-state index contributed by atoms with van der Waals surface area (Å²) >= 11 is 5.97. The Labute approximate surface area is 110 Å². The molecule has 0 atom stereocenters. The molecule has 0 saturated heterocycles. The van der Waals surface area contributed by atoms with Crippen LogP contribution in [-0.2, 0) is 0 Å². The standard InChI is InChI=1S/C13H12ClN3O/c1-8-10(6-9(15)7-16-8)13(18)17-12-5-3-2-4-11(12)14/h2-7H,15H2,1H3,(H,17,18). The lowest BCUT2D eigenvalue weighted by Gasteiger charge is -2.09. The molecule has 4 nitrogen and oxygen atoms in total. The van der Waals surface area contributed by atoms with Crippen LogP contribution in [0.1, 0.15) is 16.1 Å². The molecule has 2 aromatic rings. The summed E-state index contributed by atoms with van der Waals surface area (Å²) in [5, 5.41) is 3.21. The summed E-state index contributed by atoms with van der Waals surface area (Å²) in [5.41, 5.74) is 7.69. The number of nitrogens with two attached hydrogens (primary N) is 1. The minimum atomic E-state index is -0.277. The predicted octanol–water partition coefficient (Wildman–Crippen LogP) is 2.88. The molecule has 2 rings (SSSR count). The van der Waals surface area contributed by atoms with Crippen molar-refractivity contribution in [3.63, 3.8) is 0 Å². The summed E-state index contributed by atoms with van der Waals surface area (Å²) in [6.07, 6.45) is 1.52. The van der Waals surface area contributed by atoms with E-state index in [2.05, 4.69) is 10.3 Å². The Hall–Kier alpha value is -2.07. The van der Waals surface area contributed by atoms with E-state index < -0.39 is 0 Å². The van der Waals surface area contributed by atoms with Crippen LogP contribution in [0.25, 0.3) is 0 Å². The van der Waals surface area contributed by atoms with E-state index >= 15 is 0 Å². The number of hydrogen-bond donors (Lipinski definition) is 2. The van der Waals surface area contributed by atoms with Crippen LogP contribution >= 0.6 is 11.6 Å². The molecule has 0 aliphatic carbocycles. The van der Waals surface area contributed by atoms with Gasteiger partial charge in [0.15, 0.2) is 0 Å². The number of carbonyl (C=O) groups excluding carboxylic acids is 1. The van der Waals surface area contributed by atoms with Crippen LogP contribution in [0.5, 0.6) is 0 Å². The second-order valence-corrected chi connectivity index (χ2v) is 4.24. The number of aryl methyl sites for hydroxylation is 1. The number of nitrogens with zero attached hydrogens (tertiary/aromatic N) is 1. The molecule has 0 fully saturated rings. The van der Waals surface area contributed by atoms with Gasteiger partial charge >= 0.3 is 0 Å². The van der Waals surface area contributed by atoms with Gasteiger partial charge in [0.05, 0.1) is 33.9 Å². The average Bonchev–Trinajstić information content (AvgIpc) is 2.35. The first-order valence-electron chi connectivity index (χ1n) is 5.36. The molecule has 18 heavy (non-hydrogen) atoms. The molecule has 0 bridgehead atoms. The van der Waals surface area contributed by atoms with E-state index in [4.69, 9.17) is 17.3 Å². The second-order valence-electron chi connectivity index (χ2n) is 3.84. The zero-order valence-electron chi connectivity index (χ0n) is 9.77. The third-order valence-corrected chi connectivity index (χ3v) is 2.80. The molecular formula is C13H12ClN3O. The van der Waals surface area contributed by atoms with Gasteiger partial charge in [-0.25, -0.2) is 0 Å². The number of hydrogen-bond acceptors (Lipinski definition) is 3. The van der Waals surface area contributed by atoms with E-state index in [9.17, 15) is 4.79 Å². The predicted molar refractivity (Wildman–Crippen MR) is 72.8 cm³/mol. The molecule has 5 heteroatoms. The van der Waals surface area contributed by atoms with Crippen molar-refractivity contribution in [2.24, 2.45) is 0 Å². The summed E-state index contributed by atoms with van der Waals surface area (Å²) in [6, 6.07) is 8.63. The number of rotatable bonds is 2. The van der Waals surface area contributed by atoms with Crippen molar-refractivity contribution < 1.29 is 4.79 Å². The normalized spacial score (nSPS) is 10.1. The number of aromatic nitrogens is 1. The minimum absolute atomic E-state index is 0.277. The van der Waals surface area contributed by atoms with Gasteiger partial charge in [-0.1, -0.05) is 23.7 Å². The maximum Gasteiger partial charge on any atom is 0.257 e. The van der Waals surface area contributed by atoms with Crippen molar-refractivity contribution in [2.75, 3.05) is 11.1 Å². The molecule has 1 amide bonds. The van der Waals surface area contributed by atoms with Crippen LogP contribution < -0.4 is 11.1 Å². The van der Waals surface area contributed by atoms with Crippen LogP contribution in [0, 0.1) is 6.92 Å². The molecule has 0 spiro atoms. The molecule has 0 aliphatic rings. The first kappa shape index (κ1) is 12.4. The highest BCUT2D eigenvalue weighted by atomic mass is 35.5. The van der Waals surface area contributed by atoms with E-state index in [1.165, 1.54) is 6.20 Å². The van der Waals surface area contributed by atoms with Gasteiger partial charge in [-0.15, -0.1) is 0 Å². The molecule has 1 aromatic heterocycles. The number of benzene rings is 1. The maximum atomic E-state index is 12.1. The van der Waals surface area contributed by atoms with Crippen LogP contribution in [-0.4, -0.2) is 10.9 Å². The number of amides is 1. The number of nitrogens with one attached hydrogen (secondary N) is 1. The SMILES string of the molecule is Cc1ncc(N)cc1C(=O)Nc1ccccc1Cl. The average molecular weight is 262 g/mol. The lowest BCUT2D eigenvalue weighted by molar-refractivity contribution is 0.102. The Bertz CT molecular complexity index is 599. The van der Waals surface area contributed by atoms with E-state index in [1.54, 1.807) is 37.3 Å². The van der Waals surface area contributed by atoms with Gasteiger partial charge < -0.3 is 11.1 Å². The van der Waals surface area contributed by atoms with Gasteiger partial charge in [0.2, 0.25) is 0 Å². The summed E-state index contributed by atoms with van der Waals surface area (Å²) in [6.45, 7) is 1.75. The van der Waals surface area contributed by atoms with E-state index in [0.717, 1.165) is 0 Å². The van der Waals surface area contributed by atoms with Gasteiger partial charge in [-0.2, -0.15) is 0 Å². The third-order valence-electron chi connectivity index (χ3n) is 2.47. The van der Waals surface area contributed by atoms with E-state index in [0.29, 0.717) is 27.7 Å². The van der Waals surface area contributed by atoms with Gasteiger partial charge in [0.1, 0.15) is 0 Å². The molecule has 3 N–H and O–H groups in total. The number of para-hydroxylation sites is 1. The van der Waals surface area contributed by atoms with Crippen molar-refractivity contribution in [3.05, 3.63) is 52.8 Å². The Balaban J connectivity index is 2.28. The van der Waals surface area contributed by atoms with Gasteiger partial charge in [0.25, 0.3) is 5.91 Å². The molecule has 0 saturated carbocycles. The topological polar surface area (TPSA) is 68.0 Å². The largest absolute Gasteiger partial charge is 0.397 e. The number of halogens is 1. The highest BCUT2D eigenvalue weighted by Crippen LogP contribution is 2.21. The number of anilines is 2. The quantitative estimate of drug-likeness (QED) is 0.873. The molecule has 1 heterocycles. The van der Waals surface area contributed by atoms with Crippen LogP contribution in [0.15, 0.2) is 36.5 Å². The molecule has 0 radical (unpaired) electrons.